The first-order valence-electron chi connectivity index (χ1n) is 9.62. The zero-order valence-electron chi connectivity index (χ0n) is 18.5. The standard InChI is InChI=1S/C22H26FN5O3/c1-13(27(2)3)24-15-9-7-8-14(10-15)12-28(4)22-25-16-11-17(30-5)20(31-6)19(23)18(16)21(29)26-22/h7-11H,12H2,1-6H3,(H,25,26,29). The van der Waals surface area contributed by atoms with Crippen LogP contribution in [0, 0.1) is 5.82 Å². The molecule has 1 heterocycles. The van der Waals surface area contributed by atoms with Crippen LogP contribution in [0.5, 0.6) is 11.5 Å². The van der Waals surface area contributed by atoms with E-state index in [1.165, 1.54) is 20.3 Å². The molecule has 1 N–H and O–H groups in total. The second-order valence-corrected chi connectivity index (χ2v) is 7.29. The smallest absolute Gasteiger partial charge is 0.285 e. The lowest BCUT2D eigenvalue weighted by Gasteiger charge is -2.19. The number of aliphatic imine (C=N–C) groups is 1. The Morgan fingerprint density at radius 3 is 2.58 bits per heavy atom. The van der Waals surface area contributed by atoms with E-state index in [-0.39, 0.29) is 22.4 Å². The van der Waals surface area contributed by atoms with E-state index in [2.05, 4.69) is 15.0 Å². The van der Waals surface area contributed by atoms with Gasteiger partial charge in [0, 0.05) is 33.8 Å². The van der Waals surface area contributed by atoms with Gasteiger partial charge in [-0.2, -0.15) is 4.98 Å². The van der Waals surface area contributed by atoms with Crippen molar-refractivity contribution in [1.82, 2.24) is 14.9 Å². The third kappa shape index (κ3) is 4.60. The van der Waals surface area contributed by atoms with Crippen molar-refractivity contribution in [3.8, 4) is 11.5 Å². The van der Waals surface area contributed by atoms with Crippen LogP contribution < -0.4 is 19.9 Å². The third-order valence-corrected chi connectivity index (χ3v) is 4.91. The van der Waals surface area contributed by atoms with Gasteiger partial charge in [0.25, 0.3) is 5.56 Å². The van der Waals surface area contributed by atoms with Crippen LogP contribution in [0.3, 0.4) is 0 Å². The Kier molecular flexibility index (Phi) is 6.43. The number of benzene rings is 2. The van der Waals surface area contributed by atoms with Gasteiger partial charge in [0.1, 0.15) is 11.2 Å². The molecule has 0 aliphatic carbocycles. The lowest BCUT2D eigenvalue weighted by Crippen LogP contribution is -2.23. The largest absolute Gasteiger partial charge is 0.493 e. The van der Waals surface area contributed by atoms with Crippen molar-refractivity contribution in [2.75, 3.05) is 40.3 Å². The first-order valence-corrected chi connectivity index (χ1v) is 9.62. The number of ether oxygens (including phenoxy) is 2. The third-order valence-electron chi connectivity index (χ3n) is 4.91. The minimum absolute atomic E-state index is 0.131. The molecular weight excluding hydrogens is 401 g/mol. The predicted octanol–water partition coefficient (Wildman–Crippen LogP) is 3.33. The van der Waals surface area contributed by atoms with Gasteiger partial charge in [0.05, 0.1) is 25.4 Å². The Hall–Kier alpha value is -3.62. The van der Waals surface area contributed by atoms with Crippen molar-refractivity contribution in [2.45, 2.75) is 13.5 Å². The molecule has 1 aromatic heterocycles. The second kappa shape index (κ2) is 9.03. The number of nitrogens with zero attached hydrogens (tertiary/aromatic N) is 4. The molecule has 0 unspecified atom stereocenters. The second-order valence-electron chi connectivity index (χ2n) is 7.29. The highest BCUT2D eigenvalue weighted by atomic mass is 19.1. The molecule has 0 spiro atoms. The monoisotopic (exact) mass is 427 g/mol. The van der Waals surface area contributed by atoms with Crippen LogP contribution in [0.15, 0.2) is 40.1 Å². The van der Waals surface area contributed by atoms with Crippen LogP contribution >= 0.6 is 0 Å². The highest BCUT2D eigenvalue weighted by molar-refractivity contribution is 5.84. The number of rotatable bonds is 6. The average molecular weight is 427 g/mol. The maximum Gasteiger partial charge on any atom is 0.285 e. The molecule has 0 saturated carbocycles. The summed E-state index contributed by atoms with van der Waals surface area (Å²) < 4.78 is 25.0. The van der Waals surface area contributed by atoms with Gasteiger partial charge in [0.15, 0.2) is 17.3 Å². The highest BCUT2D eigenvalue weighted by Crippen LogP contribution is 2.34. The fraction of sp³-hybridized carbons (Fsp3) is 0.318. The van der Waals surface area contributed by atoms with Crippen LogP contribution in [0.1, 0.15) is 12.5 Å². The highest BCUT2D eigenvalue weighted by Gasteiger charge is 2.20. The van der Waals surface area contributed by atoms with E-state index in [9.17, 15) is 9.18 Å². The maximum absolute atomic E-state index is 14.8. The van der Waals surface area contributed by atoms with Crippen LogP contribution in [0.25, 0.3) is 10.9 Å². The van der Waals surface area contributed by atoms with Crippen LogP contribution in [-0.4, -0.2) is 56.1 Å². The number of aromatic nitrogens is 2. The Morgan fingerprint density at radius 2 is 1.94 bits per heavy atom. The summed E-state index contributed by atoms with van der Waals surface area (Å²) >= 11 is 0. The molecule has 0 aliphatic heterocycles. The topological polar surface area (TPSA) is 83.0 Å². The molecule has 9 heteroatoms. The SMILES string of the molecule is COc1cc2[nH]c(N(C)Cc3cccc(N=C(C)N(C)C)c3)nc(=O)c2c(F)c1OC. The minimum Gasteiger partial charge on any atom is -0.493 e. The van der Waals surface area contributed by atoms with Crippen LogP contribution in [0.4, 0.5) is 16.0 Å². The van der Waals surface area contributed by atoms with Gasteiger partial charge in [-0.15, -0.1) is 0 Å². The molecule has 3 rings (SSSR count). The summed E-state index contributed by atoms with van der Waals surface area (Å²) in [6, 6.07) is 9.31. The molecule has 0 bridgehead atoms. The number of aromatic amines is 1. The van der Waals surface area contributed by atoms with E-state index in [1.807, 2.05) is 50.2 Å². The van der Waals surface area contributed by atoms with Gasteiger partial charge in [-0.25, -0.2) is 9.38 Å². The van der Waals surface area contributed by atoms with Crippen molar-refractivity contribution < 1.29 is 13.9 Å². The molecule has 31 heavy (non-hydrogen) atoms. The Bertz CT molecular complexity index is 1190. The Labute approximate surface area is 179 Å². The number of methoxy groups -OCH3 is 2. The summed E-state index contributed by atoms with van der Waals surface area (Å²) in [5, 5.41) is -0.176. The lowest BCUT2D eigenvalue weighted by atomic mass is 10.2. The van der Waals surface area contributed by atoms with Gasteiger partial charge in [-0.1, -0.05) is 12.1 Å². The molecule has 164 valence electrons. The summed E-state index contributed by atoms with van der Waals surface area (Å²) in [4.78, 5) is 27.9. The van der Waals surface area contributed by atoms with Gasteiger partial charge in [-0.05, 0) is 24.6 Å². The molecule has 0 aliphatic rings. The zero-order chi connectivity index (χ0) is 22.7. The normalized spacial score (nSPS) is 11.5. The Morgan fingerprint density at radius 1 is 1.19 bits per heavy atom. The maximum atomic E-state index is 14.8. The number of anilines is 1. The summed E-state index contributed by atoms with van der Waals surface area (Å²) in [6.45, 7) is 2.40. The molecule has 0 atom stereocenters. The fourth-order valence-corrected chi connectivity index (χ4v) is 3.10. The number of H-pyrrole nitrogens is 1. The van der Waals surface area contributed by atoms with Crippen LogP contribution in [-0.2, 0) is 6.54 Å². The van der Waals surface area contributed by atoms with Gasteiger partial charge >= 0.3 is 0 Å². The molecule has 3 aromatic rings. The summed E-state index contributed by atoms with van der Waals surface area (Å²) in [5.41, 5.74) is 1.40. The predicted molar refractivity (Wildman–Crippen MR) is 120 cm³/mol. The Balaban J connectivity index is 1.96. The average Bonchev–Trinajstić information content (AvgIpc) is 2.73. The number of hydrogen-bond acceptors (Lipinski definition) is 6. The van der Waals surface area contributed by atoms with E-state index in [0.717, 1.165) is 17.1 Å². The number of nitrogens with one attached hydrogen (secondary N) is 1. The van der Waals surface area contributed by atoms with Gasteiger partial charge in [-0.3, -0.25) is 4.79 Å². The van der Waals surface area contributed by atoms with Crippen molar-refractivity contribution in [1.29, 1.82) is 0 Å². The van der Waals surface area contributed by atoms with Crippen LogP contribution in [0.2, 0.25) is 0 Å². The minimum atomic E-state index is -0.804. The molecule has 0 fully saturated rings. The van der Waals surface area contributed by atoms with Crippen molar-refractivity contribution in [3.05, 3.63) is 52.1 Å². The molecule has 0 saturated heterocycles. The number of hydrogen-bond donors (Lipinski definition) is 1. The first kappa shape index (κ1) is 22.1. The van der Waals surface area contributed by atoms with Gasteiger partial charge < -0.3 is 24.3 Å². The van der Waals surface area contributed by atoms with E-state index >= 15 is 0 Å². The van der Waals surface area contributed by atoms with E-state index in [4.69, 9.17) is 9.47 Å². The quantitative estimate of drug-likeness (QED) is 0.480. The molecule has 8 nitrogen and oxygen atoms in total. The summed E-state index contributed by atoms with van der Waals surface area (Å²) in [6.07, 6.45) is 0. The summed E-state index contributed by atoms with van der Waals surface area (Å²) in [5.74, 6) is 0.445. The van der Waals surface area contributed by atoms with E-state index in [1.54, 1.807) is 11.9 Å². The summed E-state index contributed by atoms with van der Waals surface area (Å²) in [7, 11) is 8.39. The zero-order valence-corrected chi connectivity index (χ0v) is 18.5. The van der Waals surface area contributed by atoms with Crippen molar-refractivity contribution in [3.63, 3.8) is 0 Å². The number of halogens is 1. The van der Waals surface area contributed by atoms with Gasteiger partial charge in [0.2, 0.25) is 5.95 Å². The van der Waals surface area contributed by atoms with Crippen molar-refractivity contribution >= 4 is 28.4 Å². The molecular formula is C22H26FN5O3. The molecule has 2 aromatic carbocycles. The number of fused-ring (bicyclic) bond motifs is 1. The molecule has 0 radical (unpaired) electrons. The molecule has 0 amide bonds. The van der Waals surface area contributed by atoms with Crippen molar-refractivity contribution in [2.24, 2.45) is 4.99 Å². The van der Waals surface area contributed by atoms with E-state index in [0.29, 0.717) is 12.5 Å². The lowest BCUT2D eigenvalue weighted by molar-refractivity contribution is 0.339. The van der Waals surface area contributed by atoms with E-state index < -0.39 is 11.4 Å². The first-order chi connectivity index (χ1) is 14.7. The number of amidine groups is 1. The fourth-order valence-electron chi connectivity index (χ4n) is 3.10.